The van der Waals surface area contributed by atoms with Gasteiger partial charge < -0.3 is 0 Å². The largest absolute Gasteiger partial charge is 0.106 e. The zero-order chi connectivity index (χ0) is 11.4. The average molecular weight is 218 g/mol. The van der Waals surface area contributed by atoms with Crippen LogP contribution in [0.5, 0.6) is 0 Å². The molecule has 0 amide bonds. The third-order valence-electron chi connectivity index (χ3n) is 5.28. The fourth-order valence-electron chi connectivity index (χ4n) is 4.26. The zero-order valence-electron chi connectivity index (χ0n) is 11.0. The lowest BCUT2D eigenvalue weighted by molar-refractivity contribution is 0.115. The van der Waals surface area contributed by atoms with Crippen LogP contribution in [0.15, 0.2) is 12.7 Å². The van der Waals surface area contributed by atoms with Gasteiger partial charge in [0.25, 0.3) is 0 Å². The van der Waals surface area contributed by atoms with Crippen LogP contribution >= 0.6 is 0 Å². The molecule has 0 radical (unpaired) electrons. The molecule has 0 aliphatic heterocycles. The first-order valence-electron chi connectivity index (χ1n) is 7.44. The van der Waals surface area contributed by atoms with Gasteiger partial charge >= 0.3 is 0 Å². The molecule has 2 aliphatic rings. The lowest BCUT2D eigenvalue weighted by atomic mass is 9.53. The van der Waals surface area contributed by atoms with E-state index in [0.29, 0.717) is 0 Å². The Kier molecular flexibility index (Phi) is 4.55. The second kappa shape index (κ2) is 5.93. The van der Waals surface area contributed by atoms with Gasteiger partial charge in [0.15, 0.2) is 0 Å². The highest BCUT2D eigenvalue weighted by molar-refractivity contribution is 6.12. The highest BCUT2D eigenvalue weighted by Gasteiger charge is 2.38. The molecule has 0 aromatic heterocycles. The molecule has 0 nitrogen and oxygen atoms in total. The lowest BCUT2D eigenvalue weighted by Gasteiger charge is -2.46. The fraction of sp³-hybridized carbons (Fsp3) is 0.867. The molecule has 0 heterocycles. The van der Waals surface area contributed by atoms with Crippen molar-refractivity contribution in [3.8, 4) is 0 Å². The summed E-state index contributed by atoms with van der Waals surface area (Å²) in [5, 5.41) is 0. The number of rotatable bonds is 5. The average Bonchev–Trinajstić information content (AvgIpc) is 2.27. The predicted octanol–water partition coefficient (Wildman–Crippen LogP) is 3.98. The van der Waals surface area contributed by atoms with Gasteiger partial charge in [-0.2, -0.15) is 0 Å². The monoisotopic (exact) mass is 218 g/mol. The Bertz CT molecular complexity index is 223. The molecular weight excluding hydrogens is 191 g/mol. The third kappa shape index (κ3) is 2.73. The van der Waals surface area contributed by atoms with Gasteiger partial charge in [0, 0.05) is 0 Å². The molecule has 4 atom stereocenters. The number of allylic oxidation sites excluding steroid dienone is 1. The molecular formula is C15H27B. The Hall–Kier alpha value is -0.195. The van der Waals surface area contributed by atoms with Gasteiger partial charge in [-0.15, -0.1) is 6.58 Å². The Morgan fingerprint density at radius 3 is 2.81 bits per heavy atom. The molecule has 0 aromatic carbocycles. The van der Waals surface area contributed by atoms with E-state index in [1.807, 2.05) is 0 Å². The number of hydrogen-bond donors (Lipinski definition) is 0. The van der Waals surface area contributed by atoms with Gasteiger partial charge in [-0.3, -0.25) is 0 Å². The van der Waals surface area contributed by atoms with Crippen LogP contribution in [0.2, 0.25) is 5.82 Å². The number of fused-ring (bicyclic) bond motifs is 2. The fourth-order valence-corrected chi connectivity index (χ4v) is 4.26. The maximum Gasteiger partial charge on any atom is 0.106 e. The van der Waals surface area contributed by atoms with E-state index in [1.54, 1.807) is 0 Å². The van der Waals surface area contributed by atoms with Crippen molar-refractivity contribution in [3.05, 3.63) is 12.7 Å². The van der Waals surface area contributed by atoms with Crippen LogP contribution in [-0.4, -0.2) is 7.85 Å². The lowest BCUT2D eigenvalue weighted by Crippen LogP contribution is -2.34. The smallest absolute Gasteiger partial charge is 0.103 e. The molecule has 0 aromatic rings. The van der Waals surface area contributed by atoms with E-state index in [2.05, 4.69) is 20.5 Å². The topological polar surface area (TPSA) is 0 Å². The predicted molar refractivity (Wildman–Crippen MR) is 74.5 cm³/mol. The van der Waals surface area contributed by atoms with Crippen molar-refractivity contribution in [3.63, 3.8) is 0 Å². The molecule has 16 heavy (non-hydrogen) atoms. The minimum Gasteiger partial charge on any atom is -0.103 e. The molecule has 2 rings (SSSR count). The van der Waals surface area contributed by atoms with Crippen molar-refractivity contribution in [1.82, 2.24) is 0 Å². The van der Waals surface area contributed by atoms with Gasteiger partial charge in [0.1, 0.15) is 7.85 Å². The van der Waals surface area contributed by atoms with Crippen LogP contribution in [0.25, 0.3) is 0 Å². The molecule has 0 saturated heterocycles. The Morgan fingerprint density at radius 2 is 2.00 bits per heavy atom. The molecule has 0 N–H and O–H groups in total. The Balaban J connectivity index is 1.78. The van der Waals surface area contributed by atoms with Crippen LogP contribution < -0.4 is 0 Å². The summed E-state index contributed by atoms with van der Waals surface area (Å²) in [6, 6.07) is 0. The summed E-state index contributed by atoms with van der Waals surface area (Å²) in [4.78, 5) is 0. The van der Waals surface area contributed by atoms with Gasteiger partial charge in [-0.05, 0) is 37.0 Å². The van der Waals surface area contributed by atoms with Crippen molar-refractivity contribution >= 4 is 7.85 Å². The van der Waals surface area contributed by atoms with Gasteiger partial charge in [-0.1, -0.05) is 50.4 Å². The van der Waals surface area contributed by atoms with Crippen LogP contribution in [0.3, 0.4) is 0 Å². The summed E-state index contributed by atoms with van der Waals surface area (Å²) in [7, 11) is 2.53. The molecule has 2 fully saturated rings. The van der Waals surface area contributed by atoms with Crippen LogP contribution in [0, 0.1) is 17.8 Å². The highest BCUT2D eigenvalue weighted by Crippen LogP contribution is 2.50. The van der Waals surface area contributed by atoms with Crippen molar-refractivity contribution < 1.29 is 0 Å². The maximum atomic E-state index is 3.81. The SMILES string of the molecule is BC1C2CCCC1C(CCCCC=C)CC2. The summed E-state index contributed by atoms with van der Waals surface area (Å²) in [6.45, 7) is 3.81. The molecule has 4 unspecified atom stereocenters. The molecule has 90 valence electrons. The zero-order valence-corrected chi connectivity index (χ0v) is 11.0. The van der Waals surface area contributed by atoms with E-state index >= 15 is 0 Å². The van der Waals surface area contributed by atoms with Crippen molar-refractivity contribution in [1.29, 1.82) is 0 Å². The third-order valence-corrected chi connectivity index (χ3v) is 5.28. The molecule has 1 heteroatoms. The van der Waals surface area contributed by atoms with Crippen LogP contribution in [-0.2, 0) is 0 Å². The van der Waals surface area contributed by atoms with Gasteiger partial charge in [0.05, 0.1) is 0 Å². The normalized spacial score (nSPS) is 38.2. The first kappa shape index (κ1) is 12.3. The maximum absolute atomic E-state index is 3.81. The Morgan fingerprint density at radius 1 is 1.12 bits per heavy atom. The minimum atomic E-state index is 1.03. The molecule has 2 bridgehead atoms. The summed E-state index contributed by atoms with van der Waals surface area (Å²) in [5.41, 5.74) is 0. The van der Waals surface area contributed by atoms with E-state index in [-0.39, 0.29) is 0 Å². The second-order valence-corrected chi connectivity index (χ2v) is 6.12. The number of hydrogen-bond acceptors (Lipinski definition) is 0. The standard InChI is InChI=1S/C15H27B/c1-2-3-4-5-7-12-10-11-13-8-6-9-14(12)15(13)16/h2,12-15H,1,3-11,16H2. The van der Waals surface area contributed by atoms with E-state index < -0.39 is 0 Å². The Labute approximate surface area is 102 Å². The molecule has 2 saturated carbocycles. The summed E-state index contributed by atoms with van der Waals surface area (Å²) in [6.07, 6.45) is 15.2. The molecule has 0 spiro atoms. The summed E-state index contributed by atoms with van der Waals surface area (Å²) < 4.78 is 0. The second-order valence-electron chi connectivity index (χ2n) is 6.12. The number of unbranched alkanes of at least 4 members (excludes halogenated alkanes) is 2. The van der Waals surface area contributed by atoms with Crippen LogP contribution in [0.1, 0.15) is 57.8 Å². The van der Waals surface area contributed by atoms with Crippen molar-refractivity contribution in [2.24, 2.45) is 17.8 Å². The quantitative estimate of drug-likeness (QED) is 0.372. The summed E-state index contributed by atoms with van der Waals surface area (Å²) >= 11 is 0. The van der Waals surface area contributed by atoms with Crippen molar-refractivity contribution in [2.75, 3.05) is 0 Å². The first-order valence-corrected chi connectivity index (χ1v) is 7.44. The minimum absolute atomic E-state index is 1.03. The van der Waals surface area contributed by atoms with E-state index in [4.69, 9.17) is 0 Å². The first-order chi connectivity index (χ1) is 7.83. The van der Waals surface area contributed by atoms with Crippen LogP contribution in [0.4, 0.5) is 0 Å². The van der Waals surface area contributed by atoms with E-state index in [9.17, 15) is 0 Å². The molecule has 2 aliphatic carbocycles. The van der Waals surface area contributed by atoms with Gasteiger partial charge in [-0.25, -0.2) is 0 Å². The van der Waals surface area contributed by atoms with E-state index in [0.717, 1.165) is 23.6 Å². The van der Waals surface area contributed by atoms with Gasteiger partial charge in [0.2, 0.25) is 0 Å². The van der Waals surface area contributed by atoms with Crippen molar-refractivity contribution in [2.45, 2.75) is 63.6 Å². The van der Waals surface area contributed by atoms with E-state index in [1.165, 1.54) is 57.8 Å². The highest BCUT2D eigenvalue weighted by atomic mass is 14.4. The summed E-state index contributed by atoms with van der Waals surface area (Å²) in [5.74, 6) is 4.27.